The van der Waals surface area contributed by atoms with E-state index in [-0.39, 0.29) is 18.3 Å². The molecule has 0 spiro atoms. The number of thiol groups is 1. The van der Waals surface area contributed by atoms with Crippen molar-refractivity contribution in [1.82, 2.24) is 0 Å². The van der Waals surface area contributed by atoms with Crippen LogP contribution in [-0.4, -0.2) is 24.1 Å². The van der Waals surface area contributed by atoms with Gasteiger partial charge in [0.05, 0.1) is 11.2 Å². The Bertz CT molecular complexity index is 179. The Balaban J connectivity index is 2.39. The molecule has 1 fully saturated rings. The Kier molecular flexibility index (Phi) is 3.95. The summed E-state index contributed by atoms with van der Waals surface area (Å²) in [5.41, 5.74) is -0.364. The van der Waals surface area contributed by atoms with Gasteiger partial charge in [-0.05, 0) is 46.2 Å². The van der Waals surface area contributed by atoms with Gasteiger partial charge in [0.25, 0.3) is 0 Å². The van der Waals surface area contributed by atoms with E-state index in [0.717, 1.165) is 24.9 Å². The lowest BCUT2D eigenvalue weighted by atomic mass is 9.82. The summed E-state index contributed by atoms with van der Waals surface area (Å²) in [6, 6.07) is 0. The molecule has 1 aliphatic heterocycles. The summed E-state index contributed by atoms with van der Waals surface area (Å²) < 4.78 is 11.7. The van der Waals surface area contributed by atoms with Crippen molar-refractivity contribution in [3.05, 3.63) is 0 Å². The Morgan fingerprint density at radius 2 is 1.50 bits per heavy atom. The average molecular weight is 216 g/mol. The third-order valence-electron chi connectivity index (χ3n) is 3.15. The molecule has 82 valence electrons. The van der Waals surface area contributed by atoms with Crippen LogP contribution in [0.2, 0.25) is 6.32 Å². The monoisotopic (exact) mass is 216 g/mol. The molecule has 1 saturated heterocycles. The quantitative estimate of drug-likeness (QED) is 0.442. The molecule has 0 amide bonds. The Morgan fingerprint density at radius 1 is 1.00 bits per heavy atom. The van der Waals surface area contributed by atoms with Crippen molar-refractivity contribution >= 4 is 19.7 Å². The maximum Gasteiger partial charge on any atom is 0.457 e. The normalized spacial score (nSPS) is 24.2. The molecule has 0 N–H and O–H groups in total. The van der Waals surface area contributed by atoms with Gasteiger partial charge >= 0.3 is 7.12 Å². The zero-order valence-corrected chi connectivity index (χ0v) is 10.6. The summed E-state index contributed by atoms with van der Waals surface area (Å²) in [5, 5.41) is 0. The molecule has 0 saturated carbocycles. The van der Waals surface area contributed by atoms with E-state index >= 15 is 0 Å². The lowest BCUT2D eigenvalue weighted by Crippen LogP contribution is -2.41. The van der Waals surface area contributed by atoms with Crippen LogP contribution in [0.25, 0.3) is 0 Å². The number of unbranched alkanes of at least 4 members (excludes halogenated alkanes) is 1. The molecule has 0 aromatic carbocycles. The predicted molar refractivity (Wildman–Crippen MR) is 64.0 cm³/mol. The van der Waals surface area contributed by atoms with Gasteiger partial charge in [0.2, 0.25) is 0 Å². The topological polar surface area (TPSA) is 18.5 Å². The number of hydrogen-bond donors (Lipinski definition) is 1. The molecule has 14 heavy (non-hydrogen) atoms. The summed E-state index contributed by atoms with van der Waals surface area (Å²) in [6.45, 7) is 8.36. The highest BCUT2D eigenvalue weighted by atomic mass is 32.1. The zero-order chi connectivity index (χ0) is 10.8. The SMILES string of the molecule is CC1(C)OB(CCCCS)OC1(C)C. The highest BCUT2D eigenvalue weighted by Gasteiger charge is 2.50. The second-order valence-corrected chi connectivity index (χ2v) is 5.35. The highest BCUT2D eigenvalue weighted by molar-refractivity contribution is 7.80. The van der Waals surface area contributed by atoms with E-state index in [1.165, 1.54) is 0 Å². The van der Waals surface area contributed by atoms with Crippen molar-refractivity contribution in [3.63, 3.8) is 0 Å². The van der Waals surface area contributed by atoms with Crippen LogP contribution in [0.15, 0.2) is 0 Å². The summed E-state index contributed by atoms with van der Waals surface area (Å²) in [5.74, 6) is 0.944. The number of rotatable bonds is 4. The predicted octanol–water partition coefficient (Wildman–Crippen LogP) is 2.79. The van der Waals surface area contributed by atoms with E-state index < -0.39 is 0 Å². The minimum absolute atomic E-state index is 0.0279. The third-order valence-corrected chi connectivity index (χ3v) is 3.47. The average Bonchev–Trinajstić information content (AvgIpc) is 2.21. The Hall–Kier alpha value is 0.335. The van der Waals surface area contributed by atoms with Gasteiger partial charge in [-0.3, -0.25) is 0 Å². The van der Waals surface area contributed by atoms with Gasteiger partial charge in [-0.2, -0.15) is 12.6 Å². The van der Waals surface area contributed by atoms with Crippen molar-refractivity contribution in [1.29, 1.82) is 0 Å². The molecule has 4 heteroatoms. The van der Waals surface area contributed by atoms with Gasteiger partial charge in [-0.15, -0.1) is 0 Å². The minimum atomic E-state index is -0.182. The minimum Gasteiger partial charge on any atom is -0.403 e. The number of hydrogen-bond acceptors (Lipinski definition) is 3. The summed E-state index contributed by atoms with van der Waals surface area (Å²) in [7, 11) is -0.0279. The summed E-state index contributed by atoms with van der Waals surface area (Å²) in [4.78, 5) is 0. The maximum atomic E-state index is 5.86. The van der Waals surface area contributed by atoms with Crippen molar-refractivity contribution in [2.75, 3.05) is 5.75 Å². The van der Waals surface area contributed by atoms with Gasteiger partial charge < -0.3 is 9.31 Å². The fraction of sp³-hybridized carbons (Fsp3) is 1.00. The van der Waals surface area contributed by atoms with Crippen molar-refractivity contribution in [2.45, 2.75) is 58.1 Å². The van der Waals surface area contributed by atoms with Crippen molar-refractivity contribution in [3.8, 4) is 0 Å². The standard InChI is InChI=1S/C10H21BO2S/c1-9(2)10(3,4)13-11(12-9)7-5-6-8-14/h14H,5-8H2,1-4H3. The fourth-order valence-electron chi connectivity index (χ4n) is 1.51. The molecule has 1 aliphatic rings. The van der Waals surface area contributed by atoms with Crippen molar-refractivity contribution in [2.24, 2.45) is 0 Å². The van der Waals surface area contributed by atoms with Gasteiger partial charge in [0, 0.05) is 0 Å². The van der Waals surface area contributed by atoms with Gasteiger partial charge in [-0.25, -0.2) is 0 Å². The van der Waals surface area contributed by atoms with Crippen LogP contribution < -0.4 is 0 Å². The lowest BCUT2D eigenvalue weighted by Gasteiger charge is -2.32. The third kappa shape index (κ3) is 2.68. The zero-order valence-electron chi connectivity index (χ0n) is 9.67. The Labute approximate surface area is 93.3 Å². The smallest absolute Gasteiger partial charge is 0.403 e. The van der Waals surface area contributed by atoms with E-state index in [4.69, 9.17) is 9.31 Å². The van der Waals surface area contributed by atoms with Crippen LogP contribution in [0.3, 0.4) is 0 Å². The van der Waals surface area contributed by atoms with Crippen LogP contribution in [0.1, 0.15) is 40.5 Å². The molecule has 0 radical (unpaired) electrons. The second kappa shape index (κ2) is 4.46. The molecule has 0 aliphatic carbocycles. The molecule has 1 rings (SSSR count). The molecule has 0 unspecified atom stereocenters. The molecular formula is C10H21BO2S. The van der Waals surface area contributed by atoms with E-state index in [2.05, 4.69) is 40.3 Å². The van der Waals surface area contributed by atoms with E-state index in [9.17, 15) is 0 Å². The van der Waals surface area contributed by atoms with Crippen molar-refractivity contribution < 1.29 is 9.31 Å². The Morgan fingerprint density at radius 3 is 1.93 bits per heavy atom. The van der Waals surface area contributed by atoms with Crippen LogP contribution in [-0.2, 0) is 9.31 Å². The lowest BCUT2D eigenvalue weighted by molar-refractivity contribution is 0.00578. The van der Waals surface area contributed by atoms with E-state index in [1.54, 1.807) is 0 Å². The molecule has 0 bridgehead atoms. The first-order valence-electron chi connectivity index (χ1n) is 5.35. The van der Waals surface area contributed by atoms with Crippen LogP contribution in [0, 0.1) is 0 Å². The van der Waals surface area contributed by atoms with Crippen LogP contribution in [0.5, 0.6) is 0 Å². The van der Waals surface area contributed by atoms with E-state index in [1.807, 2.05) is 0 Å². The first kappa shape index (κ1) is 12.4. The summed E-state index contributed by atoms with van der Waals surface area (Å²) >= 11 is 4.18. The molecule has 1 heterocycles. The molecule has 0 atom stereocenters. The summed E-state index contributed by atoms with van der Waals surface area (Å²) in [6.07, 6.45) is 3.24. The first-order chi connectivity index (χ1) is 6.39. The second-order valence-electron chi connectivity index (χ2n) is 4.91. The molecule has 0 aromatic rings. The van der Waals surface area contributed by atoms with Crippen LogP contribution in [0.4, 0.5) is 0 Å². The molecular weight excluding hydrogens is 195 g/mol. The first-order valence-corrected chi connectivity index (χ1v) is 5.99. The van der Waals surface area contributed by atoms with Gasteiger partial charge in [0.15, 0.2) is 0 Å². The molecule has 0 aromatic heterocycles. The van der Waals surface area contributed by atoms with Gasteiger partial charge in [0.1, 0.15) is 0 Å². The van der Waals surface area contributed by atoms with Crippen LogP contribution >= 0.6 is 12.6 Å². The molecule has 2 nitrogen and oxygen atoms in total. The van der Waals surface area contributed by atoms with Gasteiger partial charge in [-0.1, -0.05) is 6.42 Å². The fourth-order valence-corrected chi connectivity index (χ4v) is 1.73. The van der Waals surface area contributed by atoms with E-state index in [0.29, 0.717) is 0 Å². The maximum absolute atomic E-state index is 5.86. The highest BCUT2D eigenvalue weighted by Crippen LogP contribution is 2.37. The largest absolute Gasteiger partial charge is 0.457 e.